The Morgan fingerprint density at radius 3 is 1.29 bits per heavy atom. The van der Waals surface area contributed by atoms with Crippen molar-refractivity contribution in [1.29, 1.82) is 0 Å². The van der Waals surface area contributed by atoms with Crippen LogP contribution < -0.4 is 6.15 Å². The molecule has 0 fully saturated rings. The van der Waals surface area contributed by atoms with Gasteiger partial charge in [-0.1, -0.05) is 0 Å². The van der Waals surface area contributed by atoms with Gasteiger partial charge in [-0.25, -0.2) is 0 Å². The van der Waals surface area contributed by atoms with Gasteiger partial charge in [0.25, 0.3) is 0 Å². The summed E-state index contributed by atoms with van der Waals surface area (Å²) in [5, 5.41) is 0.289. The van der Waals surface area contributed by atoms with Crippen LogP contribution in [0.1, 0.15) is 52.7 Å². The first kappa shape index (κ1) is 29.3. The third-order valence-electron chi connectivity index (χ3n) is 6.99. The molecule has 4 nitrogen and oxygen atoms in total. The molecule has 0 spiro atoms. The van der Waals surface area contributed by atoms with Crippen molar-refractivity contribution < 1.29 is 6.15 Å². The first-order valence-electron chi connectivity index (χ1n) is 12.6. The Balaban J connectivity index is 2.19. The Kier molecular flexibility index (Phi) is 12.6. The molecule has 0 heterocycles. The van der Waals surface area contributed by atoms with Crippen LogP contribution in [0.15, 0.2) is 58.5 Å². The minimum absolute atomic E-state index is 0.289. The molecule has 2 aromatic carbocycles. The van der Waals surface area contributed by atoms with E-state index < -0.39 is 37.6 Å². The molecule has 0 aromatic heterocycles. The van der Waals surface area contributed by atoms with E-state index in [4.69, 9.17) is 18.4 Å². The van der Waals surface area contributed by atoms with Gasteiger partial charge in [0.2, 0.25) is 0 Å². The quantitative estimate of drug-likeness (QED) is 0.128. The average Bonchev–Trinajstić information content (AvgIpc) is 2.89. The number of hydrogen-bond acceptors (Lipinski definition) is 3. The van der Waals surface area contributed by atoms with E-state index in [0.29, 0.717) is 0 Å². The summed E-state index contributed by atoms with van der Waals surface area (Å²) in [6, 6.07) is 16.2. The van der Waals surface area contributed by atoms with E-state index in [9.17, 15) is 0 Å². The second-order valence-electron chi connectivity index (χ2n) is 8.57. The third-order valence-corrected chi connectivity index (χ3v) is 33.0. The molecule has 0 bridgehead atoms. The zero-order chi connectivity index (χ0) is 25.0. The molecule has 2 aromatic rings. The maximum absolute atomic E-state index is 6.66. The minimum atomic E-state index is -2.60. The Bertz CT molecular complexity index is 892. The molecule has 184 valence electrons. The van der Waals surface area contributed by atoms with E-state index in [1.807, 2.05) is 48.5 Å². The van der Waals surface area contributed by atoms with Crippen molar-refractivity contribution in [1.82, 2.24) is 0 Å². The van der Waals surface area contributed by atoms with E-state index in [1.54, 1.807) is 12.4 Å². The fourth-order valence-corrected chi connectivity index (χ4v) is 18.9. The van der Waals surface area contributed by atoms with Gasteiger partial charge in [0.05, 0.1) is 0 Å². The van der Waals surface area contributed by atoms with Gasteiger partial charge in [0.15, 0.2) is 0 Å². The summed E-state index contributed by atoms with van der Waals surface area (Å²) in [7, 11) is 0. The maximum atomic E-state index is 6.66. The molecular weight excluding hydrogens is 654 g/mol. The summed E-state index contributed by atoms with van der Waals surface area (Å²) in [4.78, 5) is 8.91. The number of hydrogen-bond donors (Lipinski definition) is 0. The van der Waals surface area contributed by atoms with Crippen LogP contribution in [0.4, 0.5) is 0 Å². The van der Waals surface area contributed by atoms with E-state index in [0.717, 1.165) is 49.2 Å². The van der Waals surface area contributed by atoms with Crippen LogP contribution in [0.25, 0.3) is 0 Å². The van der Waals surface area contributed by atoms with E-state index in [-0.39, 0.29) is 5.11 Å². The molecule has 0 saturated carbocycles. The van der Waals surface area contributed by atoms with Crippen LogP contribution in [0, 0.1) is 0 Å². The SMILES string of the molecule is C[CH2][Sn]([CH2]C)([CH2]C)[O]c1ccccc1C=NC(=S)N=Cc1ccccc1[O][Sn]([CH2]C)([CH2]C)[CH2]C. The predicted molar refractivity (Wildman–Crippen MR) is 156 cm³/mol. The predicted octanol–water partition coefficient (Wildman–Crippen LogP) is 8.28. The van der Waals surface area contributed by atoms with Gasteiger partial charge >= 0.3 is 223 Å². The van der Waals surface area contributed by atoms with Crippen LogP contribution in [-0.2, 0) is 0 Å². The summed E-state index contributed by atoms with van der Waals surface area (Å²) in [5.74, 6) is 1.83. The number of nitrogens with zero attached hydrogens (tertiary/aromatic N) is 2. The van der Waals surface area contributed by atoms with E-state index >= 15 is 0 Å². The number of thiocarbonyl (C=S) groups is 1. The van der Waals surface area contributed by atoms with Crippen LogP contribution in [-0.4, -0.2) is 55.1 Å². The van der Waals surface area contributed by atoms with E-state index in [1.165, 1.54) is 0 Å². The molecule has 0 atom stereocenters. The topological polar surface area (TPSA) is 43.2 Å². The molecule has 0 unspecified atom stereocenters. The van der Waals surface area contributed by atoms with Gasteiger partial charge in [-0.2, -0.15) is 0 Å². The van der Waals surface area contributed by atoms with Crippen molar-refractivity contribution in [3.63, 3.8) is 0 Å². The number of aliphatic imine (C=N–C) groups is 2. The molecule has 0 aliphatic carbocycles. The Labute approximate surface area is 221 Å². The summed E-state index contributed by atoms with van der Waals surface area (Å²) in [6.45, 7) is 13.6. The zero-order valence-corrected chi connectivity index (χ0v) is 28.2. The van der Waals surface area contributed by atoms with Gasteiger partial charge in [0, 0.05) is 0 Å². The van der Waals surface area contributed by atoms with E-state index in [2.05, 4.69) is 51.5 Å². The average molecular weight is 694 g/mol. The molecule has 7 heteroatoms. The van der Waals surface area contributed by atoms with Crippen molar-refractivity contribution in [2.75, 3.05) is 0 Å². The van der Waals surface area contributed by atoms with Crippen molar-refractivity contribution in [3.05, 3.63) is 59.7 Å². The van der Waals surface area contributed by atoms with Crippen LogP contribution >= 0.6 is 12.2 Å². The normalized spacial score (nSPS) is 12.4. The second kappa shape index (κ2) is 14.6. The Morgan fingerprint density at radius 2 is 0.971 bits per heavy atom. The van der Waals surface area contributed by atoms with Gasteiger partial charge in [-0.15, -0.1) is 0 Å². The molecule has 0 amide bonds. The first-order chi connectivity index (χ1) is 16.4. The second-order valence-corrected chi connectivity index (χ2v) is 35.7. The fraction of sp³-hybridized carbons (Fsp3) is 0.444. The fourth-order valence-electron chi connectivity index (χ4n) is 4.04. The summed E-state index contributed by atoms with van der Waals surface area (Å²) in [6.07, 6.45) is 3.56. The summed E-state index contributed by atoms with van der Waals surface area (Å²) in [5.41, 5.74) is 1.90. The van der Waals surface area contributed by atoms with Gasteiger partial charge in [0.1, 0.15) is 0 Å². The molecule has 34 heavy (non-hydrogen) atoms. The molecule has 2 rings (SSSR count). The number of para-hydroxylation sites is 2. The standard InChI is InChI=1S/C15H12N2O2S.6C2H5.2Sn/c18-13-7-3-1-5-11(13)9-16-15(20)17-10-12-6-2-4-8-14(12)19;6*1-2;;/h1-10,18-19H;6*1H2,2H3;;/q;;;;;;;2*+1/p-2. The van der Waals surface area contributed by atoms with Crippen molar-refractivity contribution in [2.24, 2.45) is 9.98 Å². The van der Waals surface area contributed by atoms with Crippen molar-refractivity contribution in [3.8, 4) is 11.5 Å². The number of benzene rings is 2. The van der Waals surface area contributed by atoms with Gasteiger partial charge < -0.3 is 0 Å². The van der Waals surface area contributed by atoms with Gasteiger partial charge in [-0.3, -0.25) is 0 Å². The van der Waals surface area contributed by atoms with Crippen molar-refractivity contribution >= 4 is 67.3 Å². The molecule has 0 aliphatic rings. The third kappa shape index (κ3) is 8.05. The van der Waals surface area contributed by atoms with Crippen LogP contribution in [0.3, 0.4) is 0 Å². The van der Waals surface area contributed by atoms with Crippen molar-refractivity contribution in [2.45, 2.75) is 68.2 Å². The summed E-state index contributed by atoms with van der Waals surface area (Å²) < 4.78 is 20.3. The zero-order valence-electron chi connectivity index (χ0n) is 21.6. The number of rotatable bonds is 12. The monoisotopic (exact) mass is 696 g/mol. The molecule has 0 N–H and O–H groups in total. The molecule has 0 radical (unpaired) electrons. The van der Waals surface area contributed by atoms with Crippen LogP contribution in [0.2, 0.25) is 26.6 Å². The Morgan fingerprint density at radius 1 is 0.647 bits per heavy atom. The van der Waals surface area contributed by atoms with Crippen LogP contribution in [0.5, 0.6) is 11.5 Å². The van der Waals surface area contributed by atoms with Gasteiger partial charge in [-0.05, 0) is 0 Å². The molecule has 0 aliphatic heterocycles. The first-order valence-corrected chi connectivity index (χ1v) is 27.4. The molecular formula is C27H40N2O2SSn2. The molecule has 0 saturated heterocycles. The summed E-state index contributed by atoms with van der Waals surface area (Å²) >= 11 is 0.248. The Hall–Kier alpha value is -0.933.